The first-order valence-electron chi connectivity index (χ1n) is 6.23. The van der Waals surface area contributed by atoms with Gasteiger partial charge in [-0.05, 0) is 25.1 Å². The molecule has 1 heterocycles. The number of nitrogens with one attached hydrogen (secondary N) is 1. The molecule has 0 saturated heterocycles. The lowest BCUT2D eigenvalue weighted by atomic mass is 10.2. The highest BCUT2D eigenvalue weighted by Crippen LogP contribution is 2.22. The fourth-order valence-electron chi connectivity index (χ4n) is 1.71. The molecule has 0 unspecified atom stereocenters. The maximum Gasteiger partial charge on any atom is 0.253 e. The number of aryl methyl sites for hydroxylation is 1. The van der Waals surface area contributed by atoms with Gasteiger partial charge in [0.2, 0.25) is 0 Å². The molecular formula is C14H13Cl2N3O2. The summed E-state index contributed by atoms with van der Waals surface area (Å²) in [7, 11) is 0. The van der Waals surface area contributed by atoms with Crippen LogP contribution in [-0.4, -0.2) is 22.0 Å². The first-order valence-corrected chi connectivity index (χ1v) is 6.99. The second kappa shape index (κ2) is 6.74. The Morgan fingerprint density at radius 3 is 2.71 bits per heavy atom. The van der Waals surface area contributed by atoms with E-state index >= 15 is 0 Å². The van der Waals surface area contributed by atoms with Crippen LogP contribution < -0.4 is 10.9 Å². The van der Waals surface area contributed by atoms with Crippen LogP contribution in [0.5, 0.6) is 0 Å². The fraction of sp³-hybridized carbons (Fsp3) is 0.214. The van der Waals surface area contributed by atoms with Crippen molar-refractivity contribution in [3.05, 3.63) is 62.2 Å². The molecule has 0 atom stereocenters. The van der Waals surface area contributed by atoms with Gasteiger partial charge in [-0.25, -0.2) is 4.98 Å². The summed E-state index contributed by atoms with van der Waals surface area (Å²) in [5, 5.41) is 3.42. The van der Waals surface area contributed by atoms with Crippen LogP contribution >= 0.6 is 23.2 Å². The van der Waals surface area contributed by atoms with E-state index in [1.54, 1.807) is 19.1 Å². The lowest BCUT2D eigenvalue weighted by Gasteiger charge is -2.08. The van der Waals surface area contributed by atoms with Crippen LogP contribution in [0.15, 0.2) is 35.4 Å². The second-order valence-corrected chi connectivity index (χ2v) is 5.26. The Morgan fingerprint density at radius 2 is 2.05 bits per heavy atom. The number of carbonyl (C=O) groups excluding carboxylic acids is 1. The lowest BCUT2D eigenvalue weighted by molar-refractivity contribution is 0.0952. The van der Waals surface area contributed by atoms with E-state index in [1.807, 2.05) is 0 Å². The minimum Gasteiger partial charge on any atom is -0.350 e. The highest BCUT2D eigenvalue weighted by Gasteiger charge is 2.07. The van der Waals surface area contributed by atoms with Crippen LogP contribution in [0.2, 0.25) is 10.0 Å². The van der Waals surface area contributed by atoms with Crippen molar-refractivity contribution in [2.75, 3.05) is 6.54 Å². The van der Waals surface area contributed by atoms with Crippen molar-refractivity contribution in [1.29, 1.82) is 0 Å². The standard InChI is InChI=1S/C14H13Cl2N3O2/c1-9-6-13(20)19(8-18-9)5-4-17-14(21)10-2-3-11(15)12(16)7-10/h2-3,6-8H,4-5H2,1H3,(H,17,21). The van der Waals surface area contributed by atoms with Crippen LogP contribution in [0, 0.1) is 6.92 Å². The van der Waals surface area contributed by atoms with Crippen LogP contribution in [-0.2, 0) is 6.54 Å². The van der Waals surface area contributed by atoms with Crippen molar-refractivity contribution in [2.45, 2.75) is 13.5 Å². The van der Waals surface area contributed by atoms with E-state index in [0.717, 1.165) is 0 Å². The number of benzene rings is 1. The number of hydrogen-bond acceptors (Lipinski definition) is 3. The summed E-state index contributed by atoms with van der Waals surface area (Å²) >= 11 is 11.6. The zero-order chi connectivity index (χ0) is 15.4. The molecule has 2 aromatic rings. The Bertz CT molecular complexity index is 728. The zero-order valence-corrected chi connectivity index (χ0v) is 12.8. The summed E-state index contributed by atoms with van der Waals surface area (Å²) in [5.74, 6) is -0.276. The molecule has 1 aromatic heterocycles. The molecule has 1 N–H and O–H groups in total. The maximum atomic E-state index is 11.9. The Morgan fingerprint density at radius 1 is 1.29 bits per heavy atom. The van der Waals surface area contributed by atoms with Gasteiger partial charge >= 0.3 is 0 Å². The van der Waals surface area contributed by atoms with E-state index in [0.29, 0.717) is 34.4 Å². The summed E-state index contributed by atoms with van der Waals surface area (Å²) in [4.78, 5) is 27.6. The zero-order valence-electron chi connectivity index (χ0n) is 11.3. The molecule has 0 bridgehead atoms. The van der Waals surface area contributed by atoms with E-state index in [2.05, 4.69) is 10.3 Å². The van der Waals surface area contributed by atoms with E-state index < -0.39 is 0 Å². The number of halogens is 2. The summed E-state index contributed by atoms with van der Waals surface area (Å²) < 4.78 is 1.43. The lowest BCUT2D eigenvalue weighted by Crippen LogP contribution is -2.30. The van der Waals surface area contributed by atoms with E-state index in [4.69, 9.17) is 23.2 Å². The molecule has 0 aliphatic rings. The van der Waals surface area contributed by atoms with Gasteiger partial charge in [-0.3, -0.25) is 14.2 Å². The van der Waals surface area contributed by atoms with Crippen LogP contribution in [0.25, 0.3) is 0 Å². The molecular weight excluding hydrogens is 313 g/mol. The highest BCUT2D eigenvalue weighted by atomic mass is 35.5. The molecule has 2 rings (SSSR count). The molecule has 5 nitrogen and oxygen atoms in total. The third-order valence-electron chi connectivity index (χ3n) is 2.84. The van der Waals surface area contributed by atoms with Crippen LogP contribution in [0.3, 0.4) is 0 Å². The van der Waals surface area contributed by atoms with Gasteiger partial charge < -0.3 is 5.32 Å². The molecule has 0 spiro atoms. The minimum absolute atomic E-state index is 0.147. The molecule has 0 saturated carbocycles. The molecule has 7 heteroatoms. The predicted octanol–water partition coefficient (Wildman–Crippen LogP) is 2.29. The van der Waals surface area contributed by atoms with Gasteiger partial charge in [-0.15, -0.1) is 0 Å². The summed E-state index contributed by atoms with van der Waals surface area (Å²) in [6.07, 6.45) is 1.46. The van der Waals surface area contributed by atoms with Gasteiger partial charge in [0.1, 0.15) is 0 Å². The summed E-state index contributed by atoms with van der Waals surface area (Å²) in [6.45, 7) is 2.40. The topological polar surface area (TPSA) is 64.0 Å². The van der Waals surface area contributed by atoms with E-state index in [1.165, 1.54) is 23.0 Å². The first-order chi connectivity index (χ1) is 9.97. The van der Waals surface area contributed by atoms with Crippen LogP contribution in [0.4, 0.5) is 0 Å². The van der Waals surface area contributed by atoms with Crippen molar-refractivity contribution in [1.82, 2.24) is 14.9 Å². The second-order valence-electron chi connectivity index (χ2n) is 4.45. The van der Waals surface area contributed by atoms with Crippen molar-refractivity contribution < 1.29 is 4.79 Å². The minimum atomic E-state index is -0.276. The first kappa shape index (κ1) is 15.5. The maximum absolute atomic E-state index is 11.9. The fourth-order valence-corrected chi connectivity index (χ4v) is 2.01. The van der Waals surface area contributed by atoms with Crippen molar-refractivity contribution in [3.8, 4) is 0 Å². The number of nitrogens with zero attached hydrogens (tertiary/aromatic N) is 2. The normalized spacial score (nSPS) is 10.4. The Hall–Kier alpha value is -1.85. The van der Waals surface area contributed by atoms with Gasteiger partial charge in [-0.1, -0.05) is 23.2 Å². The van der Waals surface area contributed by atoms with Crippen LogP contribution in [0.1, 0.15) is 16.1 Å². The van der Waals surface area contributed by atoms with Gasteiger partial charge in [0.05, 0.1) is 16.4 Å². The Labute approximate surface area is 131 Å². The van der Waals surface area contributed by atoms with Gasteiger partial charge in [0.25, 0.3) is 11.5 Å². The number of hydrogen-bond donors (Lipinski definition) is 1. The molecule has 110 valence electrons. The van der Waals surface area contributed by atoms with Crippen molar-refractivity contribution in [3.63, 3.8) is 0 Å². The highest BCUT2D eigenvalue weighted by molar-refractivity contribution is 6.42. The number of amides is 1. The molecule has 0 radical (unpaired) electrons. The average Bonchev–Trinajstić information content (AvgIpc) is 2.44. The molecule has 0 aliphatic heterocycles. The van der Waals surface area contributed by atoms with E-state index in [9.17, 15) is 9.59 Å². The number of rotatable bonds is 4. The molecule has 0 fully saturated rings. The molecule has 21 heavy (non-hydrogen) atoms. The molecule has 0 aliphatic carbocycles. The Kier molecular flexibility index (Phi) is 4.98. The molecule has 1 aromatic carbocycles. The smallest absolute Gasteiger partial charge is 0.253 e. The monoisotopic (exact) mass is 325 g/mol. The van der Waals surface area contributed by atoms with Crippen molar-refractivity contribution >= 4 is 29.1 Å². The Balaban J connectivity index is 1.95. The average molecular weight is 326 g/mol. The quantitative estimate of drug-likeness (QED) is 0.938. The largest absolute Gasteiger partial charge is 0.350 e. The van der Waals surface area contributed by atoms with E-state index in [-0.39, 0.29) is 11.5 Å². The third-order valence-corrected chi connectivity index (χ3v) is 3.58. The van der Waals surface area contributed by atoms with Gasteiger partial charge in [0, 0.05) is 30.4 Å². The summed E-state index contributed by atoms with van der Waals surface area (Å²) in [6, 6.07) is 6.09. The number of aromatic nitrogens is 2. The molecule has 1 amide bonds. The predicted molar refractivity (Wildman–Crippen MR) is 82.0 cm³/mol. The third kappa shape index (κ3) is 4.06. The van der Waals surface area contributed by atoms with Gasteiger partial charge in [-0.2, -0.15) is 0 Å². The van der Waals surface area contributed by atoms with Gasteiger partial charge in [0.15, 0.2) is 0 Å². The number of carbonyl (C=O) groups is 1. The summed E-state index contributed by atoms with van der Waals surface area (Å²) in [5.41, 5.74) is 0.932. The van der Waals surface area contributed by atoms with Crippen molar-refractivity contribution in [2.24, 2.45) is 0 Å². The SMILES string of the molecule is Cc1cc(=O)n(CCNC(=O)c2ccc(Cl)c(Cl)c2)cn1.